The molecule has 2 N–H and O–H groups in total. The molecule has 1 saturated heterocycles. The molecule has 0 unspecified atom stereocenters. The number of thiophene rings is 1. The van der Waals surface area contributed by atoms with Gasteiger partial charge in [-0.2, -0.15) is 4.31 Å². The van der Waals surface area contributed by atoms with Gasteiger partial charge in [0, 0.05) is 34.6 Å². The highest BCUT2D eigenvalue weighted by Crippen LogP contribution is 2.45. The van der Waals surface area contributed by atoms with Crippen molar-refractivity contribution in [2.75, 3.05) is 38.2 Å². The number of carbonyl (C=O) groups is 2. The lowest BCUT2D eigenvalue weighted by atomic mass is 9.81. The second kappa shape index (κ2) is 10.1. The summed E-state index contributed by atoms with van der Waals surface area (Å²) in [7, 11) is -3.77. The molecule has 9 nitrogen and oxygen atoms in total. The fourth-order valence-electron chi connectivity index (χ4n) is 5.15. The lowest BCUT2D eigenvalue weighted by molar-refractivity contribution is 0.0525. The fourth-order valence-corrected chi connectivity index (χ4v) is 7.84. The molecule has 0 radical (unpaired) electrons. The minimum Gasteiger partial charge on any atom is -0.462 e. The van der Waals surface area contributed by atoms with E-state index in [-0.39, 0.29) is 35.7 Å². The third-order valence-electron chi connectivity index (χ3n) is 6.61. The van der Waals surface area contributed by atoms with Crippen molar-refractivity contribution in [1.29, 1.82) is 0 Å². The quantitative estimate of drug-likeness (QED) is 0.529. The van der Waals surface area contributed by atoms with E-state index in [0.29, 0.717) is 35.8 Å². The van der Waals surface area contributed by atoms with Crippen LogP contribution in [0.1, 0.15) is 71.3 Å². The van der Waals surface area contributed by atoms with Crippen molar-refractivity contribution in [3.8, 4) is 0 Å². The maximum atomic E-state index is 13.5. The smallest absolute Gasteiger partial charge is 0.341 e. The molecule has 2 aromatic rings. The Bertz CT molecular complexity index is 1320. The molecular formula is C26H35N3O6S2. The summed E-state index contributed by atoms with van der Waals surface area (Å²) in [6.45, 7) is 13.2. The second-order valence-corrected chi connectivity index (χ2v) is 13.6. The van der Waals surface area contributed by atoms with Crippen LogP contribution in [0.15, 0.2) is 23.1 Å². The summed E-state index contributed by atoms with van der Waals surface area (Å²) in [6, 6.07) is 4.55. The van der Waals surface area contributed by atoms with Crippen molar-refractivity contribution in [3.05, 3.63) is 45.3 Å². The zero-order valence-corrected chi connectivity index (χ0v) is 23.8. The lowest BCUT2D eigenvalue weighted by Gasteiger charge is -2.42. The first-order valence-electron chi connectivity index (χ1n) is 12.4. The fraction of sp³-hybridized carbons (Fsp3) is 0.538. The van der Waals surface area contributed by atoms with Crippen LogP contribution in [-0.4, -0.2) is 63.0 Å². The van der Waals surface area contributed by atoms with Gasteiger partial charge in [-0.1, -0.05) is 6.07 Å². The molecule has 1 aromatic heterocycles. The Labute approximate surface area is 222 Å². The molecule has 2 aliphatic rings. The van der Waals surface area contributed by atoms with Gasteiger partial charge in [0.25, 0.3) is 5.91 Å². The Morgan fingerprint density at radius 2 is 1.86 bits per heavy atom. The zero-order valence-electron chi connectivity index (χ0n) is 22.2. The normalized spacial score (nSPS) is 19.2. The van der Waals surface area contributed by atoms with Crippen molar-refractivity contribution in [3.63, 3.8) is 0 Å². The van der Waals surface area contributed by atoms with Gasteiger partial charge in [-0.3, -0.25) is 4.79 Å². The average Bonchev–Trinajstić information content (AvgIpc) is 3.17. The minimum atomic E-state index is -3.77. The van der Waals surface area contributed by atoms with Crippen LogP contribution in [0.5, 0.6) is 0 Å². The molecule has 37 heavy (non-hydrogen) atoms. The second-order valence-electron chi connectivity index (χ2n) is 10.6. The molecule has 0 saturated carbocycles. The van der Waals surface area contributed by atoms with Crippen molar-refractivity contribution >= 4 is 38.2 Å². The topological polar surface area (TPSA) is 114 Å². The molecule has 4 rings (SSSR count). The van der Waals surface area contributed by atoms with E-state index in [0.717, 1.165) is 10.4 Å². The van der Waals surface area contributed by atoms with Gasteiger partial charge in [0.15, 0.2) is 0 Å². The van der Waals surface area contributed by atoms with Crippen LogP contribution in [-0.2, 0) is 31.5 Å². The van der Waals surface area contributed by atoms with Crippen molar-refractivity contribution in [2.45, 2.75) is 63.9 Å². The summed E-state index contributed by atoms with van der Waals surface area (Å²) < 4.78 is 38.4. The Hall–Kier alpha value is -2.31. The summed E-state index contributed by atoms with van der Waals surface area (Å²) in [5.41, 5.74) is 1.40. The van der Waals surface area contributed by atoms with Crippen LogP contribution in [0.3, 0.4) is 0 Å². The highest BCUT2D eigenvalue weighted by atomic mass is 32.2. The Kier molecular flexibility index (Phi) is 7.57. The van der Waals surface area contributed by atoms with Crippen LogP contribution in [0.25, 0.3) is 0 Å². The number of nitrogens with zero attached hydrogens (tertiary/aromatic N) is 1. The summed E-state index contributed by atoms with van der Waals surface area (Å²) in [6.07, 6.45) is 0.596. The number of anilines is 1. The number of hydrogen-bond acceptors (Lipinski definition) is 8. The SMILES string of the molecule is CCOC(=O)c1c(NC(=O)c2cc(S(=O)(=O)N3CCOCC3)ccc2C)sc2c1CC(C)(C)NC2(C)C. The third-order valence-corrected chi connectivity index (χ3v) is 9.98. The van der Waals surface area contributed by atoms with Crippen LogP contribution >= 0.6 is 11.3 Å². The van der Waals surface area contributed by atoms with Crippen LogP contribution in [0.2, 0.25) is 0 Å². The molecular weight excluding hydrogens is 514 g/mol. The molecule has 202 valence electrons. The number of benzene rings is 1. The minimum absolute atomic E-state index is 0.0494. The van der Waals surface area contributed by atoms with Gasteiger partial charge in [-0.15, -0.1) is 11.3 Å². The van der Waals surface area contributed by atoms with Gasteiger partial charge in [0.05, 0.1) is 30.3 Å². The lowest BCUT2D eigenvalue weighted by Crippen LogP contribution is -2.55. The van der Waals surface area contributed by atoms with Gasteiger partial charge in [-0.05, 0) is 71.2 Å². The Morgan fingerprint density at radius 3 is 2.51 bits per heavy atom. The van der Waals surface area contributed by atoms with Crippen LogP contribution in [0.4, 0.5) is 5.00 Å². The highest BCUT2D eigenvalue weighted by molar-refractivity contribution is 7.89. The van der Waals surface area contributed by atoms with E-state index >= 15 is 0 Å². The van der Waals surface area contributed by atoms with E-state index in [1.807, 2.05) is 13.8 Å². The number of fused-ring (bicyclic) bond motifs is 1. The molecule has 0 bridgehead atoms. The standard InChI is InChI=1S/C26H35N3O6S2/c1-7-35-24(31)20-19-15-25(3,4)28-26(5,6)21(19)36-23(20)27-22(30)18-14-17(9-8-16(18)2)37(32,33)29-10-12-34-13-11-29/h8-9,14,28H,7,10-13,15H2,1-6H3,(H,27,30). The molecule has 0 spiro atoms. The van der Waals surface area contributed by atoms with E-state index in [4.69, 9.17) is 9.47 Å². The summed E-state index contributed by atoms with van der Waals surface area (Å²) in [4.78, 5) is 27.6. The molecule has 2 aliphatic heterocycles. The molecule has 0 atom stereocenters. The monoisotopic (exact) mass is 549 g/mol. The molecule has 1 aromatic carbocycles. The van der Waals surface area contributed by atoms with Gasteiger partial charge in [0.1, 0.15) is 5.00 Å². The van der Waals surface area contributed by atoms with E-state index in [1.54, 1.807) is 19.9 Å². The van der Waals surface area contributed by atoms with Crippen LogP contribution < -0.4 is 10.6 Å². The first-order chi connectivity index (χ1) is 17.3. The summed E-state index contributed by atoms with van der Waals surface area (Å²) in [5.74, 6) is -0.963. The highest BCUT2D eigenvalue weighted by Gasteiger charge is 2.42. The van der Waals surface area contributed by atoms with Crippen LogP contribution in [0, 0.1) is 6.92 Å². The molecule has 3 heterocycles. The summed E-state index contributed by atoms with van der Waals surface area (Å²) >= 11 is 1.35. The van der Waals surface area contributed by atoms with Gasteiger partial charge >= 0.3 is 5.97 Å². The number of nitrogens with one attached hydrogen (secondary N) is 2. The number of hydrogen-bond donors (Lipinski definition) is 2. The van der Waals surface area contributed by atoms with Gasteiger partial charge in [-0.25, -0.2) is 13.2 Å². The van der Waals surface area contributed by atoms with E-state index < -0.39 is 27.4 Å². The van der Waals surface area contributed by atoms with Crippen molar-refractivity contribution in [1.82, 2.24) is 9.62 Å². The van der Waals surface area contributed by atoms with E-state index in [2.05, 4.69) is 24.5 Å². The third kappa shape index (κ3) is 5.46. The number of amides is 1. The molecule has 1 amide bonds. The predicted octanol–water partition coefficient (Wildman–Crippen LogP) is 3.67. The van der Waals surface area contributed by atoms with Gasteiger partial charge in [0.2, 0.25) is 10.0 Å². The number of morpholine rings is 1. The average molecular weight is 550 g/mol. The van der Waals surface area contributed by atoms with Crippen molar-refractivity contribution < 1.29 is 27.5 Å². The first kappa shape index (κ1) is 27.7. The molecule has 0 aliphatic carbocycles. The largest absolute Gasteiger partial charge is 0.462 e. The van der Waals surface area contributed by atoms with Crippen molar-refractivity contribution in [2.24, 2.45) is 0 Å². The maximum absolute atomic E-state index is 13.5. The number of carbonyl (C=O) groups excluding carboxylic acids is 2. The first-order valence-corrected chi connectivity index (χ1v) is 14.6. The Balaban J connectivity index is 1.72. The zero-order chi connectivity index (χ0) is 27.2. The molecule has 11 heteroatoms. The predicted molar refractivity (Wildman–Crippen MR) is 143 cm³/mol. The van der Waals surface area contributed by atoms with Gasteiger partial charge < -0.3 is 20.1 Å². The van der Waals surface area contributed by atoms with E-state index in [9.17, 15) is 18.0 Å². The number of ether oxygens (including phenoxy) is 2. The Morgan fingerprint density at radius 1 is 1.19 bits per heavy atom. The molecule has 1 fully saturated rings. The number of rotatable bonds is 6. The summed E-state index contributed by atoms with van der Waals surface area (Å²) in [5, 5.41) is 6.93. The number of sulfonamides is 1. The maximum Gasteiger partial charge on any atom is 0.341 e. The van der Waals surface area contributed by atoms with E-state index in [1.165, 1.54) is 27.8 Å². The number of aryl methyl sites for hydroxylation is 1. The number of esters is 1.